The Bertz CT molecular complexity index is 204. The molecule has 0 saturated heterocycles. The molecular weight excluding hydrogens is 142 g/mol. The molecule has 0 bridgehead atoms. The van der Waals surface area contributed by atoms with Crippen LogP contribution in [0.15, 0.2) is 23.0 Å². The van der Waals surface area contributed by atoms with E-state index in [9.17, 15) is 0 Å². The lowest BCUT2D eigenvalue weighted by molar-refractivity contribution is 0.208. The number of rotatable bonds is 3. The van der Waals surface area contributed by atoms with E-state index in [1.54, 1.807) is 19.5 Å². The maximum absolute atomic E-state index is 8.84. The Hall–Kier alpha value is -0.800. The zero-order valence-electron chi connectivity index (χ0n) is 6.58. The number of nitrogens with two attached hydrogens (primary N) is 1. The number of aliphatic hydroxyl groups is 1. The molecular formula is C8H13NO2. The molecule has 0 aliphatic carbocycles. The summed E-state index contributed by atoms with van der Waals surface area (Å²) in [6, 6.07) is 1.85. The van der Waals surface area contributed by atoms with Crippen LogP contribution < -0.4 is 5.73 Å². The highest BCUT2D eigenvalue weighted by Crippen LogP contribution is 2.09. The van der Waals surface area contributed by atoms with Gasteiger partial charge in [-0.15, -0.1) is 0 Å². The fourth-order valence-electron chi connectivity index (χ4n) is 0.915. The zero-order chi connectivity index (χ0) is 8.32. The van der Waals surface area contributed by atoms with Gasteiger partial charge >= 0.3 is 0 Å². The van der Waals surface area contributed by atoms with E-state index in [-0.39, 0.29) is 6.61 Å². The molecule has 62 valence electrons. The first-order valence-electron chi connectivity index (χ1n) is 3.55. The molecule has 3 nitrogen and oxygen atoms in total. The summed E-state index contributed by atoms with van der Waals surface area (Å²) >= 11 is 0. The van der Waals surface area contributed by atoms with Crippen LogP contribution in [0.25, 0.3) is 0 Å². The first kappa shape index (κ1) is 8.30. The quantitative estimate of drug-likeness (QED) is 0.669. The Morgan fingerprint density at radius 2 is 2.45 bits per heavy atom. The van der Waals surface area contributed by atoms with Crippen molar-refractivity contribution in [1.29, 1.82) is 0 Å². The van der Waals surface area contributed by atoms with Crippen LogP contribution in [0.3, 0.4) is 0 Å². The van der Waals surface area contributed by atoms with E-state index in [1.807, 2.05) is 6.07 Å². The lowest BCUT2D eigenvalue weighted by Gasteiger charge is -2.20. The molecule has 1 aromatic heterocycles. The summed E-state index contributed by atoms with van der Waals surface area (Å²) in [5.74, 6) is 0. The van der Waals surface area contributed by atoms with Crippen molar-refractivity contribution < 1.29 is 9.52 Å². The lowest BCUT2D eigenvalue weighted by Crippen LogP contribution is -2.42. The van der Waals surface area contributed by atoms with Gasteiger partial charge in [0, 0.05) is 5.54 Å². The molecule has 1 rings (SSSR count). The maximum atomic E-state index is 8.84. The predicted octanol–water partition coefficient (Wildman–Crippen LogP) is 0.532. The van der Waals surface area contributed by atoms with Gasteiger partial charge in [0.25, 0.3) is 0 Å². The van der Waals surface area contributed by atoms with Gasteiger partial charge in [0.2, 0.25) is 0 Å². The SMILES string of the molecule is CC(N)(CO)Cc1ccoc1. The largest absolute Gasteiger partial charge is 0.472 e. The van der Waals surface area contributed by atoms with Gasteiger partial charge in [-0.3, -0.25) is 0 Å². The molecule has 1 atom stereocenters. The van der Waals surface area contributed by atoms with Gasteiger partial charge in [-0.2, -0.15) is 0 Å². The minimum absolute atomic E-state index is 0.0157. The van der Waals surface area contributed by atoms with Crippen LogP contribution in [-0.4, -0.2) is 17.3 Å². The molecule has 0 amide bonds. The van der Waals surface area contributed by atoms with Gasteiger partial charge in [0.15, 0.2) is 0 Å². The molecule has 0 aliphatic rings. The van der Waals surface area contributed by atoms with Gasteiger partial charge in [-0.25, -0.2) is 0 Å². The monoisotopic (exact) mass is 155 g/mol. The maximum Gasteiger partial charge on any atom is 0.0935 e. The number of aliphatic hydroxyl groups excluding tert-OH is 1. The van der Waals surface area contributed by atoms with Crippen LogP contribution in [0.2, 0.25) is 0 Å². The summed E-state index contributed by atoms with van der Waals surface area (Å²) in [6.45, 7) is 1.79. The van der Waals surface area contributed by atoms with Crippen molar-refractivity contribution in [2.24, 2.45) is 5.73 Å². The number of hydrogen-bond donors (Lipinski definition) is 2. The zero-order valence-corrected chi connectivity index (χ0v) is 6.58. The third kappa shape index (κ3) is 2.37. The Kier molecular flexibility index (Phi) is 2.31. The molecule has 1 heterocycles. The third-order valence-corrected chi connectivity index (χ3v) is 1.55. The lowest BCUT2D eigenvalue weighted by atomic mass is 9.97. The minimum atomic E-state index is -0.538. The van der Waals surface area contributed by atoms with Crippen molar-refractivity contribution in [3.05, 3.63) is 24.2 Å². The average molecular weight is 155 g/mol. The summed E-state index contributed by atoms with van der Waals surface area (Å²) in [4.78, 5) is 0. The van der Waals surface area contributed by atoms with E-state index in [2.05, 4.69) is 0 Å². The van der Waals surface area contributed by atoms with Gasteiger partial charge in [0.1, 0.15) is 0 Å². The summed E-state index contributed by atoms with van der Waals surface area (Å²) in [7, 11) is 0. The Labute approximate surface area is 65.8 Å². The molecule has 0 radical (unpaired) electrons. The van der Waals surface area contributed by atoms with Gasteiger partial charge in [0.05, 0.1) is 19.1 Å². The van der Waals surface area contributed by atoms with Crippen molar-refractivity contribution in [2.75, 3.05) is 6.61 Å². The highest BCUT2D eigenvalue weighted by atomic mass is 16.3. The van der Waals surface area contributed by atoms with Gasteiger partial charge in [-0.1, -0.05) is 0 Å². The molecule has 0 fully saturated rings. The molecule has 3 heteroatoms. The second-order valence-electron chi connectivity index (χ2n) is 3.12. The molecule has 0 spiro atoms. The van der Waals surface area contributed by atoms with E-state index >= 15 is 0 Å². The normalized spacial score (nSPS) is 16.3. The van der Waals surface area contributed by atoms with Crippen LogP contribution in [0.4, 0.5) is 0 Å². The van der Waals surface area contributed by atoms with E-state index in [4.69, 9.17) is 15.3 Å². The fraction of sp³-hybridized carbons (Fsp3) is 0.500. The van der Waals surface area contributed by atoms with Crippen LogP contribution >= 0.6 is 0 Å². The second kappa shape index (κ2) is 3.07. The van der Waals surface area contributed by atoms with Crippen LogP contribution in [0.1, 0.15) is 12.5 Å². The Balaban J connectivity index is 2.56. The molecule has 11 heavy (non-hydrogen) atoms. The standard InChI is InChI=1S/C8H13NO2/c1-8(9,6-10)4-7-2-3-11-5-7/h2-3,5,10H,4,6,9H2,1H3. The van der Waals surface area contributed by atoms with Crippen molar-refractivity contribution >= 4 is 0 Å². The van der Waals surface area contributed by atoms with Gasteiger partial charge < -0.3 is 15.3 Å². The second-order valence-corrected chi connectivity index (χ2v) is 3.12. The van der Waals surface area contributed by atoms with Crippen LogP contribution in [0.5, 0.6) is 0 Å². The van der Waals surface area contributed by atoms with Crippen LogP contribution in [-0.2, 0) is 6.42 Å². The highest BCUT2D eigenvalue weighted by Gasteiger charge is 2.17. The first-order chi connectivity index (χ1) is 5.14. The Morgan fingerprint density at radius 1 is 1.73 bits per heavy atom. The molecule has 0 aromatic carbocycles. The molecule has 0 aliphatic heterocycles. The summed E-state index contributed by atoms with van der Waals surface area (Å²) in [6.07, 6.45) is 3.88. The van der Waals surface area contributed by atoms with E-state index < -0.39 is 5.54 Å². The number of furan rings is 1. The van der Waals surface area contributed by atoms with Crippen LogP contribution in [0, 0.1) is 0 Å². The number of hydrogen-bond acceptors (Lipinski definition) is 3. The minimum Gasteiger partial charge on any atom is -0.472 e. The van der Waals surface area contributed by atoms with Gasteiger partial charge in [-0.05, 0) is 25.0 Å². The third-order valence-electron chi connectivity index (χ3n) is 1.55. The molecule has 1 aromatic rings. The molecule has 1 unspecified atom stereocenters. The smallest absolute Gasteiger partial charge is 0.0935 e. The van der Waals surface area contributed by atoms with Crippen molar-refractivity contribution in [2.45, 2.75) is 18.9 Å². The van der Waals surface area contributed by atoms with E-state index in [1.165, 1.54) is 0 Å². The Morgan fingerprint density at radius 3 is 2.91 bits per heavy atom. The summed E-state index contributed by atoms with van der Waals surface area (Å²) in [5.41, 5.74) is 6.20. The first-order valence-corrected chi connectivity index (χ1v) is 3.55. The predicted molar refractivity (Wildman–Crippen MR) is 42.1 cm³/mol. The summed E-state index contributed by atoms with van der Waals surface area (Å²) < 4.78 is 4.87. The van der Waals surface area contributed by atoms with Crippen molar-refractivity contribution in [3.8, 4) is 0 Å². The fourth-order valence-corrected chi connectivity index (χ4v) is 0.915. The summed E-state index contributed by atoms with van der Waals surface area (Å²) in [5, 5.41) is 8.84. The molecule has 3 N–H and O–H groups in total. The topological polar surface area (TPSA) is 59.4 Å². The van der Waals surface area contributed by atoms with Crippen molar-refractivity contribution in [3.63, 3.8) is 0 Å². The molecule has 0 saturated carbocycles. The van der Waals surface area contributed by atoms with Crippen molar-refractivity contribution in [1.82, 2.24) is 0 Å². The highest BCUT2D eigenvalue weighted by molar-refractivity contribution is 5.09. The van der Waals surface area contributed by atoms with E-state index in [0.717, 1.165) is 5.56 Å². The van der Waals surface area contributed by atoms with E-state index in [0.29, 0.717) is 6.42 Å². The average Bonchev–Trinajstić information content (AvgIpc) is 2.39.